The van der Waals surface area contributed by atoms with Crippen molar-refractivity contribution in [3.8, 4) is 30.8 Å². The maximum atomic E-state index is 16.7. The lowest BCUT2D eigenvalue weighted by atomic mass is 9.86. The average molecular weight is 783 g/mol. The van der Waals surface area contributed by atoms with Crippen molar-refractivity contribution in [1.82, 2.24) is 0 Å². The molecular formula is C43H40F6OS3. The van der Waals surface area contributed by atoms with Crippen LogP contribution in [0, 0.1) is 0 Å². The summed E-state index contributed by atoms with van der Waals surface area (Å²) in [6, 6.07) is 18.3. The molecule has 0 N–H and O–H groups in total. The Bertz CT molecular complexity index is 2380. The molecule has 0 aliphatic heterocycles. The fourth-order valence-corrected chi connectivity index (χ4v) is 10.3. The van der Waals surface area contributed by atoms with Crippen LogP contribution in [0.4, 0.5) is 26.3 Å². The molecule has 2 aromatic carbocycles. The molecule has 10 heteroatoms. The minimum absolute atomic E-state index is 0.0410. The highest BCUT2D eigenvalue weighted by atomic mass is 32.1. The van der Waals surface area contributed by atoms with Crippen LogP contribution in [0.1, 0.15) is 90.1 Å². The molecule has 0 bridgehead atoms. The summed E-state index contributed by atoms with van der Waals surface area (Å²) in [4.78, 5) is 2.02. The van der Waals surface area contributed by atoms with E-state index in [1.807, 2.05) is 85.2 Å². The second kappa shape index (κ2) is 12.2. The Labute approximate surface area is 318 Å². The Kier molecular flexibility index (Phi) is 8.68. The number of allylic oxidation sites excluding steroid dienone is 2. The van der Waals surface area contributed by atoms with Gasteiger partial charge in [0.05, 0.1) is 4.88 Å². The van der Waals surface area contributed by atoms with Gasteiger partial charge in [-0.2, -0.15) is 26.3 Å². The fourth-order valence-electron chi connectivity index (χ4n) is 6.62. The lowest BCUT2D eigenvalue weighted by Gasteiger charge is -2.26. The first-order valence-electron chi connectivity index (χ1n) is 17.3. The molecule has 0 amide bonds. The Hall–Kier alpha value is -3.60. The van der Waals surface area contributed by atoms with Gasteiger partial charge in [0.15, 0.2) is 0 Å². The average Bonchev–Trinajstić information content (AvgIpc) is 3.87. The van der Waals surface area contributed by atoms with Crippen molar-refractivity contribution in [2.24, 2.45) is 0 Å². The number of fused-ring (bicyclic) bond motifs is 1. The molecule has 53 heavy (non-hydrogen) atoms. The zero-order valence-electron chi connectivity index (χ0n) is 30.9. The Morgan fingerprint density at radius 2 is 1.09 bits per heavy atom. The molecule has 0 saturated heterocycles. The van der Waals surface area contributed by atoms with Crippen LogP contribution in [0.2, 0.25) is 0 Å². The SMILES string of the molecule is CC(C)(C)c1ccc(-c2oc3ccccc3c2C2=C(c3cc(-c4cc(C(C)(C)C)cs4)sc3-c3cc(C(C)(C)C)cs3)C(F)(F)C(F)(F)C2(F)F)cc1. The van der Waals surface area contributed by atoms with Gasteiger partial charge in [0.25, 0.3) is 0 Å². The molecule has 0 spiro atoms. The maximum Gasteiger partial charge on any atom is 0.380 e. The first kappa shape index (κ1) is 37.7. The van der Waals surface area contributed by atoms with Gasteiger partial charge in [-0.15, -0.1) is 34.0 Å². The van der Waals surface area contributed by atoms with Crippen molar-refractivity contribution < 1.29 is 30.8 Å². The zero-order valence-corrected chi connectivity index (χ0v) is 33.4. The van der Waals surface area contributed by atoms with E-state index in [0.717, 1.165) is 32.9 Å². The molecule has 0 fully saturated rings. The first-order chi connectivity index (χ1) is 24.4. The third-order valence-electron chi connectivity index (χ3n) is 9.92. The monoisotopic (exact) mass is 782 g/mol. The molecule has 1 aliphatic carbocycles. The second-order valence-electron chi connectivity index (χ2n) is 16.9. The van der Waals surface area contributed by atoms with Crippen molar-refractivity contribution >= 4 is 56.1 Å². The topological polar surface area (TPSA) is 13.1 Å². The predicted molar refractivity (Wildman–Crippen MR) is 210 cm³/mol. The molecule has 0 saturated carbocycles. The van der Waals surface area contributed by atoms with Gasteiger partial charge >= 0.3 is 17.8 Å². The van der Waals surface area contributed by atoms with E-state index in [1.54, 1.807) is 36.4 Å². The summed E-state index contributed by atoms with van der Waals surface area (Å²) in [5, 5.41) is 3.91. The van der Waals surface area contributed by atoms with Gasteiger partial charge in [0.2, 0.25) is 0 Å². The van der Waals surface area contributed by atoms with Crippen LogP contribution < -0.4 is 0 Å². The Balaban J connectivity index is 1.58. The van der Waals surface area contributed by atoms with Gasteiger partial charge < -0.3 is 4.42 Å². The molecule has 278 valence electrons. The summed E-state index contributed by atoms with van der Waals surface area (Å²) in [5.74, 6) is -16.4. The fraction of sp³-hybridized carbons (Fsp3) is 0.349. The number of thiophene rings is 3. The molecule has 6 aromatic rings. The van der Waals surface area contributed by atoms with E-state index in [4.69, 9.17) is 4.42 Å². The summed E-state index contributed by atoms with van der Waals surface area (Å²) < 4.78 is 105. The normalized spacial score (nSPS) is 17.3. The molecule has 0 atom stereocenters. The van der Waals surface area contributed by atoms with Crippen molar-refractivity contribution in [2.75, 3.05) is 0 Å². The van der Waals surface area contributed by atoms with Crippen molar-refractivity contribution in [3.05, 3.63) is 105 Å². The number of hydrogen-bond acceptors (Lipinski definition) is 4. The summed E-state index contributed by atoms with van der Waals surface area (Å²) in [6.45, 7) is 18.2. The van der Waals surface area contributed by atoms with Crippen LogP contribution in [0.3, 0.4) is 0 Å². The highest BCUT2D eigenvalue weighted by molar-refractivity contribution is 7.26. The van der Waals surface area contributed by atoms with E-state index >= 15 is 26.3 Å². The van der Waals surface area contributed by atoms with Crippen LogP contribution in [-0.4, -0.2) is 17.8 Å². The Morgan fingerprint density at radius 1 is 0.566 bits per heavy atom. The van der Waals surface area contributed by atoms with Gasteiger partial charge in [0.1, 0.15) is 11.3 Å². The predicted octanol–water partition coefficient (Wildman–Crippen LogP) is 15.3. The number of alkyl halides is 6. The molecule has 4 aromatic heterocycles. The molecule has 0 unspecified atom stereocenters. The number of furan rings is 1. The highest BCUT2D eigenvalue weighted by Gasteiger charge is 2.80. The highest BCUT2D eigenvalue weighted by Crippen LogP contribution is 2.67. The van der Waals surface area contributed by atoms with E-state index in [9.17, 15) is 0 Å². The van der Waals surface area contributed by atoms with Gasteiger partial charge in [-0.3, -0.25) is 0 Å². The van der Waals surface area contributed by atoms with Crippen LogP contribution in [0.15, 0.2) is 81.9 Å². The largest absolute Gasteiger partial charge is 0.455 e. The van der Waals surface area contributed by atoms with Gasteiger partial charge in [0, 0.05) is 47.9 Å². The number of rotatable bonds is 5. The lowest BCUT2D eigenvalue weighted by Crippen LogP contribution is -2.48. The van der Waals surface area contributed by atoms with Gasteiger partial charge in [-0.25, -0.2) is 0 Å². The third kappa shape index (κ3) is 6.04. The van der Waals surface area contributed by atoms with Crippen LogP contribution >= 0.6 is 34.0 Å². The van der Waals surface area contributed by atoms with E-state index < -0.39 is 34.5 Å². The maximum absolute atomic E-state index is 16.7. The van der Waals surface area contributed by atoms with Gasteiger partial charge in [-0.05, 0) is 68.0 Å². The van der Waals surface area contributed by atoms with E-state index in [1.165, 1.54) is 40.9 Å². The molecule has 0 radical (unpaired) electrons. The molecule has 4 heterocycles. The standard InChI is InChI=1S/C43H40F6OS3/c1-38(2,3)24-16-14-23(15-17-24)36-33(27-12-10-11-13-29(27)50-36)35-34(41(44,45)43(48,49)42(35,46)47)28-20-31(30-18-25(21-51-30)39(4,5)6)53-37(28)32-19-26(22-52-32)40(7,8)9/h10-22H,1-9H3. The van der Waals surface area contributed by atoms with Crippen LogP contribution in [0.5, 0.6) is 0 Å². The first-order valence-corrected chi connectivity index (χ1v) is 19.9. The summed E-state index contributed by atoms with van der Waals surface area (Å²) in [6.07, 6.45) is 0. The zero-order chi connectivity index (χ0) is 38.7. The summed E-state index contributed by atoms with van der Waals surface area (Å²) in [7, 11) is 0. The third-order valence-corrected chi connectivity index (χ3v) is 13.3. The van der Waals surface area contributed by atoms with E-state index in [-0.39, 0.29) is 43.4 Å². The molecule has 1 nitrogen and oxygen atoms in total. The summed E-state index contributed by atoms with van der Waals surface area (Å²) in [5.41, 5.74) is -1.10. The Morgan fingerprint density at radius 3 is 1.66 bits per heavy atom. The lowest BCUT2D eigenvalue weighted by molar-refractivity contribution is -0.254. The van der Waals surface area contributed by atoms with E-state index in [0.29, 0.717) is 15.3 Å². The number of hydrogen-bond donors (Lipinski definition) is 0. The van der Waals surface area contributed by atoms with Crippen LogP contribution in [0.25, 0.3) is 52.9 Å². The minimum Gasteiger partial charge on any atom is -0.455 e. The minimum atomic E-state index is -5.75. The second-order valence-corrected chi connectivity index (χ2v) is 19.7. The number of benzene rings is 2. The number of para-hydroxylation sites is 1. The number of halogens is 6. The molecule has 1 aliphatic rings. The van der Waals surface area contributed by atoms with Gasteiger partial charge in [-0.1, -0.05) is 105 Å². The quantitative estimate of drug-likeness (QED) is 0.159. The van der Waals surface area contributed by atoms with Crippen molar-refractivity contribution in [3.63, 3.8) is 0 Å². The molecule has 7 rings (SSSR count). The summed E-state index contributed by atoms with van der Waals surface area (Å²) >= 11 is 3.83. The smallest absolute Gasteiger partial charge is 0.380 e. The van der Waals surface area contributed by atoms with E-state index in [2.05, 4.69) is 0 Å². The van der Waals surface area contributed by atoms with Crippen molar-refractivity contribution in [2.45, 2.75) is 96.3 Å². The molecular weight excluding hydrogens is 743 g/mol. The van der Waals surface area contributed by atoms with Crippen molar-refractivity contribution in [1.29, 1.82) is 0 Å². The van der Waals surface area contributed by atoms with Crippen LogP contribution in [-0.2, 0) is 16.2 Å².